The van der Waals surface area contributed by atoms with Gasteiger partial charge in [0, 0.05) is 31.9 Å². The molecule has 0 aromatic heterocycles. The van der Waals surface area contributed by atoms with E-state index < -0.39 is 11.6 Å². The summed E-state index contributed by atoms with van der Waals surface area (Å²) < 4.78 is 32.6. The van der Waals surface area contributed by atoms with Gasteiger partial charge in [0.15, 0.2) is 0 Å². The number of alkyl halides is 1. The molecule has 1 aliphatic carbocycles. The average molecular weight is 344 g/mol. The highest BCUT2D eigenvalue weighted by Gasteiger charge is 2.54. The highest BCUT2D eigenvalue weighted by Crippen LogP contribution is 2.59. The first-order chi connectivity index (χ1) is 11.0. The number of halogens is 3. The number of amides is 1. The Bertz CT molecular complexity index is 590. The van der Waals surface area contributed by atoms with E-state index in [9.17, 15) is 13.6 Å². The van der Waals surface area contributed by atoms with E-state index >= 15 is 0 Å². The van der Waals surface area contributed by atoms with Gasteiger partial charge >= 0.3 is 0 Å². The molecule has 1 amide bonds. The van der Waals surface area contributed by atoms with Crippen LogP contribution >= 0.6 is 11.6 Å². The number of hydrogen-bond donors (Lipinski definition) is 0. The zero-order valence-corrected chi connectivity index (χ0v) is 13.6. The van der Waals surface area contributed by atoms with E-state index in [1.807, 2.05) is 0 Å². The van der Waals surface area contributed by atoms with Crippen molar-refractivity contribution in [2.45, 2.75) is 25.8 Å². The molecule has 1 spiro atoms. The van der Waals surface area contributed by atoms with E-state index in [0.29, 0.717) is 12.5 Å². The lowest BCUT2D eigenvalue weighted by Crippen LogP contribution is -2.35. The molecule has 0 bridgehead atoms. The molecule has 1 aliphatic heterocycles. The third kappa shape index (κ3) is 3.66. The number of nitrogens with zero attached hydrogens (tertiary/aromatic N) is 1. The smallest absolute Gasteiger partial charge is 0.237 e. The van der Waals surface area contributed by atoms with Crippen molar-refractivity contribution in [2.75, 3.05) is 25.6 Å². The lowest BCUT2D eigenvalue weighted by Gasteiger charge is -2.27. The van der Waals surface area contributed by atoms with Crippen molar-refractivity contribution in [3.63, 3.8) is 0 Å². The van der Waals surface area contributed by atoms with Crippen molar-refractivity contribution in [3.8, 4) is 0 Å². The van der Waals surface area contributed by atoms with Crippen LogP contribution in [-0.4, -0.2) is 36.4 Å². The molecule has 6 heteroatoms. The largest absolute Gasteiger partial charge is 0.381 e. The molecule has 3 nitrogen and oxygen atoms in total. The molecule has 1 saturated carbocycles. The molecule has 126 valence electrons. The lowest BCUT2D eigenvalue weighted by molar-refractivity contribution is -0.129. The van der Waals surface area contributed by atoms with Gasteiger partial charge in [-0.1, -0.05) is 0 Å². The molecule has 2 fully saturated rings. The number of benzene rings is 1. The predicted molar refractivity (Wildman–Crippen MR) is 83.1 cm³/mol. The number of rotatable bonds is 5. The maximum Gasteiger partial charge on any atom is 0.237 e. The van der Waals surface area contributed by atoms with Crippen LogP contribution in [0, 0.1) is 23.0 Å². The van der Waals surface area contributed by atoms with Crippen LogP contribution in [0.2, 0.25) is 0 Å². The van der Waals surface area contributed by atoms with Crippen molar-refractivity contribution >= 4 is 17.5 Å². The van der Waals surface area contributed by atoms with Gasteiger partial charge in [-0.2, -0.15) is 0 Å². The Morgan fingerprint density at radius 1 is 1.35 bits per heavy atom. The maximum absolute atomic E-state index is 13.8. The number of hydrogen-bond acceptors (Lipinski definition) is 2. The number of carbonyl (C=O) groups is 1. The Morgan fingerprint density at radius 3 is 2.78 bits per heavy atom. The molecule has 0 N–H and O–H groups in total. The molecule has 0 radical (unpaired) electrons. The van der Waals surface area contributed by atoms with E-state index in [1.54, 1.807) is 4.90 Å². The third-order valence-corrected chi connectivity index (χ3v) is 5.35. The molecule has 1 atom stereocenters. The lowest BCUT2D eigenvalue weighted by atomic mass is 9.93. The van der Waals surface area contributed by atoms with E-state index in [0.717, 1.165) is 50.7 Å². The Morgan fingerprint density at radius 2 is 2.09 bits per heavy atom. The summed E-state index contributed by atoms with van der Waals surface area (Å²) in [4.78, 5) is 13.7. The van der Waals surface area contributed by atoms with Gasteiger partial charge in [-0.05, 0) is 48.8 Å². The summed E-state index contributed by atoms with van der Waals surface area (Å²) in [6.07, 6.45) is 3.08. The molecule has 23 heavy (non-hydrogen) atoms. The summed E-state index contributed by atoms with van der Waals surface area (Å²) in [7, 11) is 0. The third-order valence-electron chi connectivity index (χ3n) is 5.12. The fourth-order valence-corrected chi connectivity index (χ4v) is 3.72. The topological polar surface area (TPSA) is 29.5 Å². The molecule has 1 heterocycles. The molecule has 2 aliphatic rings. The zero-order chi connectivity index (χ0) is 16.4. The van der Waals surface area contributed by atoms with Gasteiger partial charge in [0.2, 0.25) is 5.91 Å². The van der Waals surface area contributed by atoms with E-state index in [4.69, 9.17) is 16.3 Å². The summed E-state index contributed by atoms with van der Waals surface area (Å²) in [5.74, 6) is -1.01. The Kier molecular flexibility index (Phi) is 4.87. The minimum atomic E-state index is -0.507. The minimum absolute atomic E-state index is 0.0538. The van der Waals surface area contributed by atoms with Gasteiger partial charge in [-0.3, -0.25) is 4.79 Å². The first-order valence-corrected chi connectivity index (χ1v) is 8.43. The van der Waals surface area contributed by atoms with Crippen molar-refractivity contribution in [2.24, 2.45) is 11.3 Å². The first kappa shape index (κ1) is 16.7. The quantitative estimate of drug-likeness (QED) is 0.767. The second kappa shape index (κ2) is 6.73. The average Bonchev–Trinajstić information content (AvgIpc) is 3.21. The van der Waals surface area contributed by atoms with E-state index in [1.165, 1.54) is 0 Å². The Hall–Kier alpha value is -1.20. The van der Waals surface area contributed by atoms with Crippen molar-refractivity contribution in [3.05, 3.63) is 35.4 Å². The van der Waals surface area contributed by atoms with Gasteiger partial charge in [0.1, 0.15) is 17.5 Å². The molecular formula is C17H20ClF2NO2. The normalized spacial score (nSPS) is 22.1. The predicted octanol–water partition coefficient (Wildman–Crippen LogP) is 3.35. The second-order valence-electron chi connectivity index (χ2n) is 6.52. The number of ether oxygens (including phenoxy) is 1. The van der Waals surface area contributed by atoms with E-state index in [2.05, 4.69) is 0 Å². The molecule has 3 rings (SSSR count). The van der Waals surface area contributed by atoms with Crippen LogP contribution in [0.5, 0.6) is 0 Å². The standard InChI is InChI=1S/C17H20ClF2NO2/c18-9-16(22)21(10-12-7-14(19)1-2-15(12)20)11-13-8-17(13)3-5-23-6-4-17/h1-2,7,13H,3-6,8-11H2. The maximum atomic E-state index is 13.8. The Balaban J connectivity index is 1.69. The fourth-order valence-electron chi connectivity index (χ4n) is 3.56. The van der Waals surface area contributed by atoms with Gasteiger partial charge in [0.05, 0.1) is 0 Å². The van der Waals surface area contributed by atoms with Crippen LogP contribution in [-0.2, 0) is 16.1 Å². The minimum Gasteiger partial charge on any atom is -0.381 e. The van der Waals surface area contributed by atoms with Crippen molar-refractivity contribution in [1.29, 1.82) is 0 Å². The summed E-state index contributed by atoms with van der Waals surface area (Å²) in [5, 5.41) is 0. The van der Waals surface area contributed by atoms with Crippen LogP contribution in [0.1, 0.15) is 24.8 Å². The van der Waals surface area contributed by atoms with Crippen LogP contribution in [0.25, 0.3) is 0 Å². The van der Waals surface area contributed by atoms with Gasteiger partial charge < -0.3 is 9.64 Å². The summed E-state index contributed by atoms with van der Waals surface area (Å²) in [6, 6.07) is 3.30. The summed E-state index contributed by atoms with van der Waals surface area (Å²) in [5.41, 5.74) is 0.453. The highest BCUT2D eigenvalue weighted by molar-refractivity contribution is 6.27. The van der Waals surface area contributed by atoms with Crippen LogP contribution < -0.4 is 0 Å². The van der Waals surface area contributed by atoms with E-state index in [-0.39, 0.29) is 29.3 Å². The number of carbonyl (C=O) groups excluding carboxylic acids is 1. The summed E-state index contributed by atoms with van der Waals surface area (Å²) in [6.45, 7) is 2.12. The summed E-state index contributed by atoms with van der Waals surface area (Å²) >= 11 is 5.69. The van der Waals surface area contributed by atoms with Crippen molar-refractivity contribution in [1.82, 2.24) is 4.90 Å². The van der Waals surface area contributed by atoms with Gasteiger partial charge in [-0.25, -0.2) is 8.78 Å². The zero-order valence-electron chi connectivity index (χ0n) is 12.9. The molecular weight excluding hydrogens is 324 g/mol. The fraction of sp³-hybridized carbons (Fsp3) is 0.588. The second-order valence-corrected chi connectivity index (χ2v) is 6.79. The molecule has 1 unspecified atom stereocenters. The van der Waals surface area contributed by atoms with Crippen LogP contribution in [0.4, 0.5) is 8.78 Å². The molecule has 1 saturated heterocycles. The monoisotopic (exact) mass is 343 g/mol. The van der Waals surface area contributed by atoms with Crippen LogP contribution in [0.15, 0.2) is 18.2 Å². The molecule has 1 aromatic rings. The van der Waals surface area contributed by atoms with Gasteiger partial charge in [0.25, 0.3) is 0 Å². The highest BCUT2D eigenvalue weighted by atomic mass is 35.5. The van der Waals surface area contributed by atoms with Crippen LogP contribution in [0.3, 0.4) is 0 Å². The molecule has 1 aromatic carbocycles. The first-order valence-electron chi connectivity index (χ1n) is 7.89. The van der Waals surface area contributed by atoms with Gasteiger partial charge in [-0.15, -0.1) is 11.6 Å². The Labute approximate surface area is 139 Å². The van der Waals surface area contributed by atoms with Crippen molar-refractivity contribution < 1.29 is 18.3 Å². The SMILES string of the molecule is O=C(CCl)N(Cc1cc(F)ccc1F)CC1CC12CCOCC2.